The van der Waals surface area contributed by atoms with Crippen LogP contribution in [-0.4, -0.2) is 5.91 Å². The molecule has 0 aliphatic rings. The third-order valence-electron chi connectivity index (χ3n) is 5.54. The average Bonchev–Trinajstić information content (AvgIpc) is 2.87. The summed E-state index contributed by atoms with van der Waals surface area (Å²) in [7, 11) is 0. The van der Waals surface area contributed by atoms with Gasteiger partial charge in [-0.25, -0.2) is 0 Å². The molecule has 4 aromatic rings. The zero-order valence-electron chi connectivity index (χ0n) is 19.0. The first-order valence-corrected chi connectivity index (χ1v) is 13.2. The van der Waals surface area contributed by atoms with Crippen LogP contribution < -0.4 is 10.1 Å². The Labute approximate surface area is 232 Å². The summed E-state index contributed by atoms with van der Waals surface area (Å²) in [5.74, 6) is 0.391. The number of hydrogen-bond acceptors (Lipinski definition) is 3. The van der Waals surface area contributed by atoms with Crippen LogP contribution in [0.5, 0.6) is 5.75 Å². The second kappa shape index (κ2) is 11.7. The summed E-state index contributed by atoms with van der Waals surface area (Å²) in [4.78, 5) is 12.7. The Balaban J connectivity index is 1.48. The van der Waals surface area contributed by atoms with Crippen LogP contribution in [0.3, 0.4) is 0 Å². The van der Waals surface area contributed by atoms with Crippen LogP contribution in [0.25, 0.3) is 16.8 Å². The number of benzene rings is 4. The highest BCUT2D eigenvalue weighted by molar-refractivity contribution is 14.1. The molecular weight excluding hydrogens is 662 g/mol. The van der Waals surface area contributed by atoms with Crippen molar-refractivity contribution < 1.29 is 9.53 Å². The van der Waals surface area contributed by atoms with Crippen molar-refractivity contribution in [2.45, 2.75) is 19.6 Å². The summed E-state index contributed by atoms with van der Waals surface area (Å²) in [6.45, 7) is 2.35. The second-order valence-electron chi connectivity index (χ2n) is 8.06. The van der Waals surface area contributed by atoms with Crippen molar-refractivity contribution in [3.8, 4) is 11.8 Å². The molecule has 1 atom stereocenters. The smallest absolute Gasteiger partial charge is 0.262 e. The Morgan fingerprint density at radius 1 is 0.971 bits per heavy atom. The van der Waals surface area contributed by atoms with E-state index in [0.29, 0.717) is 6.61 Å². The predicted octanol–water partition coefficient (Wildman–Crippen LogP) is 7.41. The number of fused-ring (bicyclic) bond motifs is 1. The van der Waals surface area contributed by atoms with Gasteiger partial charge in [0.25, 0.3) is 5.91 Å². The second-order valence-corrected chi connectivity index (χ2v) is 10.4. The maximum atomic E-state index is 12.7. The SMILES string of the molecule is C[C@H](NC(=O)/C(C#N)=C\c1cc(I)c(OCc2ccc3ccccc3c2)c(I)c1)c1ccccc1. The Hall–Kier alpha value is -2.90. The van der Waals surface area contributed by atoms with Gasteiger partial charge in [0.05, 0.1) is 13.2 Å². The van der Waals surface area contributed by atoms with Crippen LogP contribution >= 0.6 is 45.2 Å². The van der Waals surface area contributed by atoms with E-state index in [9.17, 15) is 10.1 Å². The molecule has 0 unspecified atom stereocenters. The molecule has 35 heavy (non-hydrogen) atoms. The first-order valence-electron chi connectivity index (χ1n) is 11.0. The molecule has 0 saturated carbocycles. The summed E-state index contributed by atoms with van der Waals surface area (Å²) in [6, 6.07) is 29.9. The maximum absolute atomic E-state index is 12.7. The van der Waals surface area contributed by atoms with Crippen LogP contribution in [0.15, 0.2) is 90.5 Å². The molecule has 4 nitrogen and oxygen atoms in total. The average molecular weight is 684 g/mol. The third kappa shape index (κ3) is 6.41. The van der Waals surface area contributed by atoms with Crippen molar-refractivity contribution in [1.82, 2.24) is 5.32 Å². The van der Waals surface area contributed by atoms with Crippen molar-refractivity contribution in [1.29, 1.82) is 5.26 Å². The number of carbonyl (C=O) groups is 1. The molecule has 1 amide bonds. The monoisotopic (exact) mass is 684 g/mol. The molecule has 0 aromatic heterocycles. The molecule has 0 heterocycles. The van der Waals surface area contributed by atoms with E-state index < -0.39 is 5.91 Å². The van der Waals surface area contributed by atoms with E-state index in [1.165, 1.54) is 10.8 Å². The Kier molecular flexibility index (Phi) is 8.42. The summed E-state index contributed by atoms with van der Waals surface area (Å²) in [5, 5.41) is 14.9. The van der Waals surface area contributed by atoms with Gasteiger partial charge in [-0.2, -0.15) is 5.26 Å². The predicted molar refractivity (Wildman–Crippen MR) is 157 cm³/mol. The maximum Gasteiger partial charge on any atom is 0.262 e. The molecule has 4 rings (SSSR count). The van der Waals surface area contributed by atoms with Gasteiger partial charge in [-0.05, 0) is 104 Å². The van der Waals surface area contributed by atoms with E-state index in [0.717, 1.165) is 29.6 Å². The molecule has 6 heteroatoms. The van der Waals surface area contributed by atoms with E-state index in [2.05, 4.69) is 80.8 Å². The van der Waals surface area contributed by atoms with Gasteiger partial charge in [0, 0.05) is 0 Å². The van der Waals surface area contributed by atoms with Crippen LogP contribution in [0.2, 0.25) is 0 Å². The largest absolute Gasteiger partial charge is 0.487 e. The zero-order chi connectivity index (χ0) is 24.8. The molecule has 174 valence electrons. The summed E-state index contributed by atoms with van der Waals surface area (Å²) in [5.41, 5.74) is 2.91. The van der Waals surface area contributed by atoms with Crippen LogP contribution in [-0.2, 0) is 11.4 Å². The topological polar surface area (TPSA) is 62.1 Å². The van der Waals surface area contributed by atoms with Gasteiger partial charge in [-0.3, -0.25) is 4.79 Å². The van der Waals surface area contributed by atoms with Gasteiger partial charge in [-0.15, -0.1) is 0 Å². The van der Waals surface area contributed by atoms with Crippen molar-refractivity contribution in [3.05, 3.63) is 114 Å². The molecular formula is C29H22I2N2O2. The minimum atomic E-state index is -0.398. The fourth-order valence-corrected chi connectivity index (χ4v) is 5.83. The van der Waals surface area contributed by atoms with E-state index in [1.54, 1.807) is 6.08 Å². The van der Waals surface area contributed by atoms with E-state index in [-0.39, 0.29) is 11.6 Å². The van der Waals surface area contributed by atoms with Crippen molar-refractivity contribution >= 4 is 67.9 Å². The Morgan fingerprint density at radius 2 is 1.63 bits per heavy atom. The van der Waals surface area contributed by atoms with E-state index in [1.807, 2.05) is 67.6 Å². The summed E-state index contributed by atoms with van der Waals surface area (Å²) in [6.07, 6.45) is 1.62. The van der Waals surface area contributed by atoms with Gasteiger partial charge < -0.3 is 10.1 Å². The lowest BCUT2D eigenvalue weighted by molar-refractivity contribution is -0.117. The number of nitriles is 1. The standard InChI is InChI=1S/C29H22I2N2O2/c1-19(22-7-3-2-4-8-22)33-29(34)25(17-32)14-21-15-26(30)28(27(31)16-21)35-18-20-11-12-23-9-5-6-10-24(23)13-20/h2-16,19H,18H2,1H3,(H,33,34)/b25-14-/t19-/m0/s1. The molecule has 0 spiro atoms. The van der Waals surface area contributed by atoms with E-state index >= 15 is 0 Å². The molecule has 0 fully saturated rings. The number of halogens is 2. The normalized spacial score (nSPS) is 12.1. The van der Waals surface area contributed by atoms with Gasteiger partial charge in [0.15, 0.2) is 0 Å². The molecule has 0 bridgehead atoms. The van der Waals surface area contributed by atoms with Crippen LogP contribution in [0.4, 0.5) is 0 Å². The Bertz CT molecular complexity index is 1420. The van der Waals surface area contributed by atoms with Gasteiger partial charge in [-0.1, -0.05) is 66.7 Å². The van der Waals surface area contributed by atoms with E-state index in [4.69, 9.17) is 4.74 Å². The first kappa shape index (κ1) is 25.2. The minimum absolute atomic E-state index is 0.0595. The summed E-state index contributed by atoms with van der Waals surface area (Å²) < 4.78 is 7.99. The van der Waals surface area contributed by atoms with Crippen molar-refractivity contribution in [2.24, 2.45) is 0 Å². The number of nitrogens with one attached hydrogen (secondary N) is 1. The van der Waals surface area contributed by atoms with Crippen molar-refractivity contribution in [3.63, 3.8) is 0 Å². The number of nitrogens with zero attached hydrogens (tertiary/aromatic N) is 1. The highest BCUT2D eigenvalue weighted by Crippen LogP contribution is 2.31. The fraction of sp³-hybridized carbons (Fsp3) is 0.103. The Morgan fingerprint density at radius 3 is 2.31 bits per heavy atom. The van der Waals surface area contributed by atoms with Crippen LogP contribution in [0, 0.1) is 18.5 Å². The lowest BCUT2D eigenvalue weighted by Crippen LogP contribution is -2.27. The van der Waals surface area contributed by atoms with Gasteiger partial charge >= 0.3 is 0 Å². The summed E-state index contributed by atoms with van der Waals surface area (Å²) >= 11 is 4.46. The fourth-order valence-electron chi connectivity index (χ4n) is 3.70. The third-order valence-corrected chi connectivity index (χ3v) is 7.14. The molecule has 1 N–H and O–H groups in total. The molecule has 0 aliphatic heterocycles. The zero-order valence-corrected chi connectivity index (χ0v) is 23.3. The molecule has 0 radical (unpaired) electrons. The number of amides is 1. The lowest BCUT2D eigenvalue weighted by atomic mass is 10.1. The number of ether oxygens (including phenoxy) is 1. The lowest BCUT2D eigenvalue weighted by Gasteiger charge is -2.14. The number of hydrogen-bond donors (Lipinski definition) is 1. The number of rotatable bonds is 7. The van der Waals surface area contributed by atoms with Gasteiger partial charge in [0.1, 0.15) is 24.0 Å². The molecule has 4 aromatic carbocycles. The van der Waals surface area contributed by atoms with Gasteiger partial charge in [0.2, 0.25) is 0 Å². The highest BCUT2D eigenvalue weighted by atomic mass is 127. The molecule has 0 saturated heterocycles. The first-order chi connectivity index (χ1) is 16.9. The van der Waals surface area contributed by atoms with Crippen molar-refractivity contribution in [2.75, 3.05) is 0 Å². The molecule has 0 aliphatic carbocycles. The quantitative estimate of drug-likeness (QED) is 0.125. The van der Waals surface area contributed by atoms with Crippen LogP contribution in [0.1, 0.15) is 29.7 Å². The minimum Gasteiger partial charge on any atom is -0.487 e. The number of carbonyl (C=O) groups excluding carboxylic acids is 1. The highest BCUT2D eigenvalue weighted by Gasteiger charge is 2.15.